The number of hydrogen-bond donors (Lipinski definition) is 0. The van der Waals surface area contributed by atoms with Crippen LogP contribution >= 0.6 is 11.3 Å². The molecule has 2 aromatic rings. The van der Waals surface area contributed by atoms with Gasteiger partial charge in [0, 0.05) is 37.8 Å². The van der Waals surface area contributed by atoms with E-state index < -0.39 is 0 Å². The van der Waals surface area contributed by atoms with Crippen molar-refractivity contribution in [2.75, 3.05) is 38.3 Å². The van der Waals surface area contributed by atoms with Gasteiger partial charge in [-0.3, -0.25) is 4.90 Å². The lowest BCUT2D eigenvalue weighted by atomic mass is 10.2. The first-order chi connectivity index (χ1) is 11.2. The fourth-order valence-corrected chi connectivity index (χ4v) is 3.43. The Balaban J connectivity index is 1.82. The van der Waals surface area contributed by atoms with Crippen molar-refractivity contribution in [3.8, 4) is 0 Å². The summed E-state index contributed by atoms with van der Waals surface area (Å²) in [5.41, 5.74) is 3.02. The minimum atomic E-state index is 0.0930. The lowest BCUT2D eigenvalue weighted by molar-refractivity contribution is -0.0155. The van der Waals surface area contributed by atoms with Gasteiger partial charge in [0.15, 0.2) is 0 Å². The van der Waals surface area contributed by atoms with Crippen LogP contribution in [-0.2, 0) is 11.3 Å². The maximum atomic E-state index is 5.70. The molecule has 7 heteroatoms. The summed E-state index contributed by atoms with van der Waals surface area (Å²) in [6.45, 7) is 8.25. The van der Waals surface area contributed by atoms with E-state index in [1.807, 2.05) is 24.8 Å². The number of anilines is 1. The Morgan fingerprint density at radius 1 is 1.43 bits per heavy atom. The molecule has 3 heterocycles. The van der Waals surface area contributed by atoms with Gasteiger partial charge in [0.2, 0.25) is 0 Å². The normalized spacial score (nSPS) is 19.0. The fraction of sp³-hybridized carbons (Fsp3) is 0.562. The first-order valence-corrected chi connectivity index (χ1v) is 8.81. The van der Waals surface area contributed by atoms with E-state index in [1.165, 1.54) is 4.88 Å². The molecule has 0 spiro atoms. The van der Waals surface area contributed by atoms with Crippen molar-refractivity contribution in [3.63, 3.8) is 0 Å². The van der Waals surface area contributed by atoms with Crippen molar-refractivity contribution in [1.82, 2.24) is 19.9 Å². The minimum Gasteiger partial charge on any atom is -0.378 e. The van der Waals surface area contributed by atoms with Crippen LogP contribution in [0.2, 0.25) is 0 Å². The smallest absolute Gasteiger partial charge is 0.150 e. The van der Waals surface area contributed by atoms with Crippen LogP contribution < -0.4 is 4.90 Å². The fourth-order valence-electron chi connectivity index (χ4n) is 2.63. The molecule has 0 N–H and O–H groups in total. The Kier molecular flexibility index (Phi) is 5.20. The molecule has 0 saturated carbocycles. The van der Waals surface area contributed by atoms with Gasteiger partial charge in [-0.1, -0.05) is 0 Å². The molecular formula is C16H23N5OS. The van der Waals surface area contributed by atoms with Gasteiger partial charge in [-0.05, 0) is 19.9 Å². The molecular weight excluding hydrogens is 310 g/mol. The molecule has 0 unspecified atom stereocenters. The van der Waals surface area contributed by atoms with Crippen LogP contribution in [-0.4, -0.2) is 53.2 Å². The molecule has 1 saturated heterocycles. The summed E-state index contributed by atoms with van der Waals surface area (Å²) in [4.78, 5) is 19.4. The molecule has 1 aliphatic heterocycles. The van der Waals surface area contributed by atoms with Crippen LogP contribution in [0.3, 0.4) is 0 Å². The van der Waals surface area contributed by atoms with E-state index in [4.69, 9.17) is 9.72 Å². The molecule has 0 amide bonds. The number of aryl methyl sites for hydroxylation is 1. The zero-order valence-electron chi connectivity index (χ0n) is 13.9. The molecule has 0 aliphatic carbocycles. The number of aromatic nitrogens is 3. The monoisotopic (exact) mass is 333 g/mol. The largest absolute Gasteiger partial charge is 0.378 e. The van der Waals surface area contributed by atoms with Crippen molar-refractivity contribution in [1.29, 1.82) is 0 Å². The van der Waals surface area contributed by atoms with Gasteiger partial charge in [0.1, 0.15) is 11.6 Å². The molecule has 0 aromatic carbocycles. The summed E-state index contributed by atoms with van der Waals surface area (Å²) in [5.74, 6) is 1.79. The number of rotatable bonds is 5. The van der Waals surface area contributed by atoms with Crippen molar-refractivity contribution >= 4 is 17.2 Å². The Labute approximate surface area is 141 Å². The van der Waals surface area contributed by atoms with E-state index >= 15 is 0 Å². The van der Waals surface area contributed by atoms with Gasteiger partial charge in [0.05, 0.1) is 30.5 Å². The Morgan fingerprint density at radius 2 is 2.30 bits per heavy atom. The van der Waals surface area contributed by atoms with Gasteiger partial charge in [-0.2, -0.15) is 0 Å². The van der Waals surface area contributed by atoms with Crippen molar-refractivity contribution < 1.29 is 4.74 Å². The van der Waals surface area contributed by atoms with Crippen LogP contribution in [0.15, 0.2) is 17.8 Å². The van der Waals surface area contributed by atoms with Crippen molar-refractivity contribution in [2.24, 2.45) is 0 Å². The summed E-state index contributed by atoms with van der Waals surface area (Å²) in [6.07, 6.45) is 1.84. The Bertz CT molecular complexity index is 647. The first kappa shape index (κ1) is 16.3. The van der Waals surface area contributed by atoms with Gasteiger partial charge in [0.25, 0.3) is 0 Å². The van der Waals surface area contributed by atoms with E-state index in [1.54, 1.807) is 11.3 Å². The predicted octanol–water partition coefficient (Wildman–Crippen LogP) is 2.27. The van der Waals surface area contributed by atoms with Gasteiger partial charge >= 0.3 is 0 Å². The molecule has 0 bridgehead atoms. The zero-order valence-corrected chi connectivity index (χ0v) is 14.7. The second kappa shape index (κ2) is 7.33. The van der Waals surface area contributed by atoms with Crippen LogP contribution in [0.4, 0.5) is 5.82 Å². The molecule has 1 atom stereocenters. The van der Waals surface area contributed by atoms with Crippen LogP contribution in [0.1, 0.15) is 29.4 Å². The minimum absolute atomic E-state index is 0.0930. The molecule has 124 valence electrons. The highest BCUT2D eigenvalue weighted by Gasteiger charge is 2.28. The molecule has 23 heavy (non-hydrogen) atoms. The quantitative estimate of drug-likeness (QED) is 0.837. The van der Waals surface area contributed by atoms with E-state index in [9.17, 15) is 0 Å². The molecule has 1 fully saturated rings. The number of nitrogens with zero attached hydrogens (tertiary/aromatic N) is 5. The molecule has 6 nitrogen and oxygen atoms in total. The van der Waals surface area contributed by atoms with Gasteiger partial charge in [-0.25, -0.2) is 15.0 Å². The number of ether oxygens (including phenoxy) is 1. The summed E-state index contributed by atoms with van der Waals surface area (Å²) in [5, 5.41) is 0. The SMILES string of the molecule is CCN(C)c1ccnc([C@@H]2COCCN2Cc2scnc2C)n1. The van der Waals surface area contributed by atoms with E-state index in [2.05, 4.69) is 33.6 Å². The highest BCUT2D eigenvalue weighted by molar-refractivity contribution is 7.09. The molecule has 1 aliphatic rings. The first-order valence-electron chi connectivity index (χ1n) is 7.94. The standard InChI is InChI=1S/C16H23N5OS/c1-4-20(3)15-5-6-17-16(19-15)13-10-22-8-7-21(13)9-14-12(2)18-11-23-14/h5-6,11,13H,4,7-10H2,1-3H3/t13-/m0/s1. The number of hydrogen-bond acceptors (Lipinski definition) is 7. The second-order valence-electron chi connectivity index (χ2n) is 5.71. The van der Waals surface area contributed by atoms with Gasteiger partial charge in [-0.15, -0.1) is 11.3 Å². The molecule has 2 aromatic heterocycles. The highest BCUT2D eigenvalue weighted by atomic mass is 32.1. The van der Waals surface area contributed by atoms with Crippen LogP contribution in [0.25, 0.3) is 0 Å². The van der Waals surface area contributed by atoms with Gasteiger partial charge < -0.3 is 9.64 Å². The Hall–Kier alpha value is -1.57. The number of thiazole rings is 1. The van der Waals surface area contributed by atoms with E-state index in [0.717, 1.165) is 43.6 Å². The summed E-state index contributed by atoms with van der Waals surface area (Å²) in [6, 6.07) is 2.05. The second-order valence-corrected chi connectivity index (χ2v) is 6.65. The van der Waals surface area contributed by atoms with E-state index in [-0.39, 0.29) is 6.04 Å². The van der Waals surface area contributed by atoms with Crippen LogP contribution in [0.5, 0.6) is 0 Å². The zero-order chi connectivity index (χ0) is 16.2. The maximum absolute atomic E-state index is 5.70. The third kappa shape index (κ3) is 3.68. The summed E-state index contributed by atoms with van der Waals surface area (Å²) in [7, 11) is 2.04. The average Bonchev–Trinajstić information content (AvgIpc) is 2.99. The molecule has 3 rings (SSSR count). The third-order valence-corrected chi connectivity index (χ3v) is 5.17. The number of morpholine rings is 1. The highest BCUT2D eigenvalue weighted by Crippen LogP contribution is 2.26. The van der Waals surface area contributed by atoms with E-state index in [0.29, 0.717) is 6.61 Å². The van der Waals surface area contributed by atoms with Crippen LogP contribution in [0, 0.1) is 6.92 Å². The van der Waals surface area contributed by atoms with Crippen molar-refractivity contribution in [2.45, 2.75) is 26.4 Å². The average molecular weight is 333 g/mol. The maximum Gasteiger partial charge on any atom is 0.150 e. The Morgan fingerprint density at radius 3 is 3.04 bits per heavy atom. The lowest BCUT2D eigenvalue weighted by Crippen LogP contribution is -2.40. The topological polar surface area (TPSA) is 54.4 Å². The lowest BCUT2D eigenvalue weighted by Gasteiger charge is -2.34. The predicted molar refractivity (Wildman–Crippen MR) is 91.8 cm³/mol. The summed E-state index contributed by atoms with van der Waals surface area (Å²) < 4.78 is 5.70. The third-order valence-electron chi connectivity index (χ3n) is 4.25. The van der Waals surface area contributed by atoms with Crippen molar-refractivity contribution in [3.05, 3.63) is 34.2 Å². The molecule has 0 radical (unpaired) electrons. The summed E-state index contributed by atoms with van der Waals surface area (Å²) >= 11 is 1.71.